The number of carbonyl (C=O) groups excluding carboxylic acids is 2. The van der Waals surface area contributed by atoms with Crippen LogP contribution in [0.4, 0.5) is 0 Å². The first-order valence-corrected chi connectivity index (χ1v) is 8.92. The number of fused-ring (bicyclic) bond motifs is 3. The van der Waals surface area contributed by atoms with Gasteiger partial charge in [0.05, 0.1) is 18.2 Å². The normalized spacial score (nSPS) is 27.9. The molecule has 1 aromatic rings. The molecule has 3 saturated heterocycles. The van der Waals surface area contributed by atoms with Gasteiger partial charge in [0, 0.05) is 45.3 Å². The monoisotopic (exact) mass is 349 g/mol. The van der Waals surface area contributed by atoms with E-state index in [4.69, 9.17) is 5.73 Å². The van der Waals surface area contributed by atoms with Crippen molar-refractivity contribution >= 4 is 11.8 Å². The molecule has 2 bridgehead atoms. The lowest BCUT2D eigenvalue weighted by Crippen LogP contribution is -2.58. The van der Waals surface area contributed by atoms with Crippen molar-refractivity contribution in [1.82, 2.24) is 30.5 Å². The average molecular weight is 349 g/mol. The fourth-order valence-corrected chi connectivity index (χ4v) is 3.92. The van der Waals surface area contributed by atoms with Crippen LogP contribution >= 0.6 is 0 Å². The van der Waals surface area contributed by atoms with Crippen LogP contribution in [0.25, 0.3) is 0 Å². The SMILES string of the molecule is CC(=O)NCCNC(=O)C1CN2CCC1CC2Cn1cc(CN)nn1. The highest BCUT2D eigenvalue weighted by atomic mass is 16.2. The third-order valence-corrected chi connectivity index (χ3v) is 5.21. The fourth-order valence-electron chi connectivity index (χ4n) is 3.92. The Morgan fingerprint density at radius 1 is 1.36 bits per heavy atom. The number of carbonyl (C=O) groups is 2. The van der Waals surface area contributed by atoms with Crippen LogP contribution in [-0.2, 0) is 22.7 Å². The summed E-state index contributed by atoms with van der Waals surface area (Å²) in [5.41, 5.74) is 6.38. The second-order valence-corrected chi connectivity index (χ2v) is 6.95. The van der Waals surface area contributed by atoms with Gasteiger partial charge in [-0.05, 0) is 25.3 Å². The zero-order chi connectivity index (χ0) is 17.8. The van der Waals surface area contributed by atoms with Crippen molar-refractivity contribution in [3.8, 4) is 0 Å². The first kappa shape index (κ1) is 17.8. The minimum Gasteiger partial charge on any atom is -0.355 e. The number of nitrogens with one attached hydrogen (secondary N) is 2. The van der Waals surface area contributed by atoms with E-state index >= 15 is 0 Å². The molecule has 4 N–H and O–H groups in total. The van der Waals surface area contributed by atoms with Crippen LogP contribution in [0, 0.1) is 11.8 Å². The number of piperidine rings is 3. The highest BCUT2D eigenvalue weighted by Gasteiger charge is 2.43. The Balaban J connectivity index is 1.49. The highest BCUT2D eigenvalue weighted by Crippen LogP contribution is 2.36. The fraction of sp³-hybridized carbons (Fsp3) is 0.750. The smallest absolute Gasteiger partial charge is 0.224 e. The molecule has 3 fully saturated rings. The third kappa shape index (κ3) is 4.35. The Morgan fingerprint density at radius 3 is 2.80 bits per heavy atom. The summed E-state index contributed by atoms with van der Waals surface area (Å²) in [7, 11) is 0. The first-order chi connectivity index (χ1) is 12.1. The lowest BCUT2D eigenvalue weighted by atomic mass is 9.75. The Hall–Kier alpha value is -2.00. The molecular formula is C16H27N7O2. The van der Waals surface area contributed by atoms with Crippen molar-refractivity contribution in [3.05, 3.63) is 11.9 Å². The van der Waals surface area contributed by atoms with Gasteiger partial charge in [-0.1, -0.05) is 5.21 Å². The maximum absolute atomic E-state index is 12.4. The molecule has 0 saturated carbocycles. The molecule has 9 nitrogen and oxygen atoms in total. The molecule has 0 aliphatic carbocycles. The van der Waals surface area contributed by atoms with E-state index in [2.05, 4.69) is 25.8 Å². The summed E-state index contributed by atoms with van der Waals surface area (Å²) in [5.74, 6) is 0.474. The summed E-state index contributed by atoms with van der Waals surface area (Å²) >= 11 is 0. The summed E-state index contributed by atoms with van der Waals surface area (Å²) in [6, 6.07) is 0.398. The molecule has 4 atom stereocenters. The molecule has 3 aliphatic heterocycles. The predicted octanol–water partition coefficient (Wildman–Crippen LogP) is -1.30. The molecule has 4 rings (SSSR count). The van der Waals surface area contributed by atoms with Crippen molar-refractivity contribution in [2.75, 3.05) is 26.2 Å². The number of aromatic nitrogens is 3. The second-order valence-electron chi connectivity index (χ2n) is 6.95. The van der Waals surface area contributed by atoms with Crippen LogP contribution in [0.1, 0.15) is 25.5 Å². The lowest BCUT2D eigenvalue weighted by Gasteiger charge is -2.49. The largest absolute Gasteiger partial charge is 0.355 e. The highest BCUT2D eigenvalue weighted by molar-refractivity contribution is 5.79. The molecule has 2 amide bonds. The molecule has 1 aromatic heterocycles. The van der Waals surface area contributed by atoms with Crippen LogP contribution in [0.3, 0.4) is 0 Å². The zero-order valence-corrected chi connectivity index (χ0v) is 14.6. The number of rotatable bonds is 7. The van der Waals surface area contributed by atoms with Gasteiger partial charge in [0.2, 0.25) is 11.8 Å². The van der Waals surface area contributed by atoms with Gasteiger partial charge < -0.3 is 16.4 Å². The summed E-state index contributed by atoms with van der Waals surface area (Å²) in [5, 5.41) is 13.8. The Kier molecular flexibility index (Phi) is 5.64. The average Bonchev–Trinajstić information content (AvgIpc) is 3.06. The van der Waals surface area contributed by atoms with Crippen LogP contribution in [0.15, 0.2) is 6.20 Å². The standard InChI is InChI=1S/C16H27N7O2/c1-11(24)18-3-4-19-16(25)15-10-22-5-2-12(15)6-14(22)9-23-8-13(7-17)20-21-23/h8,12,14-15H,2-7,9-10,17H2,1H3,(H,18,24)(H,19,25). The molecule has 0 spiro atoms. The summed E-state index contributed by atoms with van der Waals surface area (Å²) in [6.07, 6.45) is 3.96. The Morgan fingerprint density at radius 2 is 2.16 bits per heavy atom. The van der Waals surface area contributed by atoms with Gasteiger partial charge >= 0.3 is 0 Å². The van der Waals surface area contributed by atoms with Gasteiger partial charge in [-0.3, -0.25) is 19.2 Å². The van der Waals surface area contributed by atoms with E-state index in [1.807, 2.05) is 10.9 Å². The second kappa shape index (κ2) is 7.92. The van der Waals surface area contributed by atoms with Gasteiger partial charge in [0.25, 0.3) is 0 Å². The molecule has 25 heavy (non-hydrogen) atoms. The van der Waals surface area contributed by atoms with Crippen LogP contribution < -0.4 is 16.4 Å². The van der Waals surface area contributed by atoms with E-state index in [9.17, 15) is 9.59 Å². The van der Waals surface area contributed by atoms with Gasteiger partial charge in [0.1, 0.15) is 0 Å². The van der Waals surface area contributed by atoms with Crippen molar-refractivity contribution in [1.29, 1.82) is 0 Å². The van der Waals surface area contributed by atoms with Gasteiger partial charge in [-0.15, -0.1) is 5.10 Å². The molecule has 4 heterocycles. The number of nitrogens with two attached hydrogens (primary N) is 1. The predicted molar refractivity (Wildman–Crippen MR) is 91.2 cm³/mol. The molecule has 9 heteroatoms. The molecule has 0 radical (unpaired) electrons. The molecule has 4 unspecified atom stereocenters. The summed E-state index contributed by atoms with van der Waals surface area (Å²) < 4.78 is 1.86. The van der Waals surface area contributed by atoms with E-state index in [-0.39, 0.29) is 17.7 Å². The van der Waals surface area contributed by atoms with Crippen LogP contribution in [0.5, 0.6) is 0 Å². The Labute approximate surface area is 147 Å². The van der Waals surface area contributed by atoms with Crippen molar-refractivity contribution in [2.24, 2.45) is 17.6 Å². The Bertz CT molecular complexity index is 617. The molecule has 3 aliphatic rings. The van der Waals surface area contributed by atoms with Crippen LogP contribution in [-0.4, -0.2) is 63.9 Å². The third-order valence-electron chi connectivity index (χ3n) is 5.21. The van der Waals surface area contributed by atoms with Gasteiger partial charge in [0.15, 0.2) is 0 Å². The first-order valence-electron chi connectivity index (χ1n) is 8.92. The zero-order valence-electron chi connectivity index (χ0n) is 14.6. The minimum absolute atomic E-state index is 0.0395. The van der Waals surface area contributed by atoms with Crippen molar-refractivity contribution in [3.63, 3.8) is 0 Å². The van der Waals surface area contributed by atoms with Crippen LogP contribution in [0.2, 0.25) is 0 Å². The number of hydrogen-bond donors (Lipinski definition) is 3. The number of hydrogen-bond acceptors (Lipinski definition) is 6. The maximum Gasteiger partial charge on any atom is 0.224 e. The van der Waals surface area contributed by atoms with E-state index in [1.54, 1.807) is 0 Å². The number of nitrogens with zero attached hydrogens (tertiary/aromatic N) is 4. The summed E-state index contributed by atoms with van der Waals surface area (Å²) in [6.45, 7) is 5.44. The van der Waals surface area contributed by atoms with Gasteiger partial charge in [-0.2, -0.15) is 0 Å². The van der Waals surface area contributed by atoms with Gasteiger partial charge in [-0.25, -0.2) is 0 Å². The lowest BCUT2D eigenvalue weighted by molar-refractivity contribution is -0.133. The van der Waals surface area contributed by atoms with E-state index < -0.39 is 0 Å². The minimum atomic E-state index is -0.0779. The van der Waals surface area contributed by atoms with E-state index in [0.29, 0.717) is 31.6 Å². The van der Waals surface area contributed by atoms with E-state index in [1.165, 1.54) is 6.92 Å². The summed E-state index contributed by atoms with van der Waals surface area (Å²) in [4.78, 5) is 25.7. The topological polar surface area (TPSA) is 118 Å². The molecule has 138 valence electrons. The number of amides is 2. The van der Waals surface area contributed by atoms with Crippen molar-refractivity contribution < 1.29 is 9.59 Å². The maximum atomic E-state index is 12.4. The van der Waals surface area contributed by atoms with Crippen molar-refractivity contribution in [2.45, 2.75) is 38.9 Å². The molecule has 0 aromatic carbocycles. The quantitative estimate of drug-likeness (QED) is 0.527. The molecular weight excluding hydrogens is 322 g/mol. The van der Waals surface area contributed by atoms with E-state index in [0.717, 1.165) is 38.2 Å².